The van der Waals surface area contributed by atoms with Crippen LogP contribution in [0.4, 0.5) is 0 Å². The Kier molecular flexibility index (Phi) is 9.17. The molecule has 1 heterocycles. The number of nitrogens with one attached hydrogen (secondary N) is 1. The van der Waals surface area contributed by atoms with Crippen LogP contribution in [0.15, 0.2) is 42.5 Å². The second-order valence-corrected chi connectivity index (χ2v) is 11.4. The van der Waals surface area contributed by atoms with Crippen LogP contribution in [0.2, 0.25) is 0 Å². The molecule has 1 amide bonds. The number of hydrogen-bond donors (Lipinski definition) is 2. The average Bonchev–Trinajstić information content (AvgIpc) is 3.53. The molecule has 1 atom stereocenters. The van der Waals surface area contributed by atoms with Crippen LogP contribution < -0.4 is 10.1 Å². The Hall–Kier alpha value is -3.23. The fourth-order valence-electron chi connectivity index (χ4n) is 4.62. The lowest BCUT2D eigenvalue weighted by molar-refractivity contribution is -0.153. The van der Waals surface area contributed by atoms with Crippen LogP contribution in [-0.2, 0) is 22.5 Å². The Labute approximate surface area is 228 Å². The topological polar surface area (TPSA) is 97.8 Å². The molecule has 0 aliphatic heterocycles. The summed E-state index contributed by atoms with van der Waals surface area (Å²) in [5.74, 6) is -0.531. The highest BCUT2D eigenvalue weighted by atomic mass is 32.1. The van der Waals surface area contributed by atoms with Crippen LogP contribution in [0.5, 0.6) is 5.75 Å². The second-order valence-electron chi connectivity index (χ2n) is 10.2. The minimum atomic E-state index is -0.997. The quantitative estimate of drug-likeness (QED) is 0.307. The summed E-state index contributed by atoms with van der Waals surface area (Å²) in [4.78, 5) is 30.4. The number of carbonyl (C=O) groups excluding carboxylic acids is 1. The van der Waals surface area contributed by atoms with Gasteiger partial charge in [0.2, 0.25) is 0 Å². The van der Waals surface area contributed by atoms with E-state index in [1.54, 1.807) is 0 Å². The van der Waals surface area contributed by atoms with E-state index in [0.717, 1.165) is 52.3 Å². The van der Waals surface area contributed by atoms with E-state index in [2.05, 4.69) is 10.3 Å². The molecule has 202 valence electrons. The average molecular weight is 537 g/mol. The molecule has 1 aliphatic rings. The van der Waals surface area contributed by atoms with E-state index in [4.69, 9.17) is 9.47 Å². The number of aromatic nitrogens is 1. The fraction of sp³-hybridized carbons (Fsp3) is 0.433. The van der Waals surface area contributed by atoms with Gasteiger partial charge in [-0.05, 0) is 65.0 Å². The van der Waals surface area contributed by atoms with Gasteiger partial charge in [-0.1, -0.05) is 42.0 Å². The molecule has 3 aromatic rings. The van der Waals surface area contributed by atoms with Gasteiger partial charge in [-0.15, -0.1) is 11.3 Å². The second kappa shape index (κ2) is 12.5. The number of ether oxygens (including phenoxy) is 2. The molecular weight excluding hydrogens is 500 g/mol. The largest absolute Gasteiger partial charge is 0.490 e. The maximum Gasteiger partial charge on any atom is 0.333 e. The van der Waals surface area contributed by atoms with Crippen molar-refractivity contribution in [2.45, 2.75) is 84.7 Å². The molecule has 1 saturated carbocycles. The fourth-order valence-corrected chi connectivity index (χ4v) is 5.54. The number of thiazole rings is 1. The van der Waals surface area contributed by atoms with Gasteiger partial charge in [0.25, 0.3) is 5.91 Å². The number of rotatable bonds is 11. The smallest absolute Gasteiger partial charge is 0.333 e. The lowest BCUT2D eigenvalue weighted by atomic mass is 10.0. The van der Waals surface area contributed by atoms with E-state index in [9.17, 15) is 14.7 Å². The summed E-state index contributed by atoms with van der Waals surface area (Å²) < 4.78 is 11.9. The molecule has 0 spiro atoms. The third kappa shape index (κ3) is 7.20. The summed E-state index contributed by atoms with van der Waals surface area (Å²) >= 11 is 1.50. The van der Waals surface area contributed by atoms with Gasteiger partial charge < -0.3 is 19.9 Å². The van der Waals surface area contributed by atoms with E-state index in [1.807, 2.05) is 70.2 Å². The molecule has 0 radical (unpaired) electrons. The van der Waals surface area contributed by atoms with Gasteiger partial charge >= 0.3 is 5.97 Å². The molecule has 1 unspecified atom stereocenters. The molecule has 38 heavy (non-hydrogen) atoms. The molecule has 7 nitrogen and oxygen atoms in total. The normalized spacial score (nSPS) is 14.6. The minimum Gasteiger partial charge on any atom is -0.490 e. The zero-order valence-electron chi connectivity index (χ0n) is 22.5. The van der Waals surface area contributed by atoms with Crippen molar-refractivity contribution < 1.29 is 24.2 Å². The molecule has 2 N–H and O–H groups in total. The van der Waals surface area contributed by atoms with E-state index < -0.39 is 12.1 Å². The predicted octanol–water partition coefficient (Wildman–Crippen LogP) is 6.10. The van der Waals surface area contributed by atoms with Gasteiger partial charge in [0.1, 0.15) is 16.5 Å². The lowest BCUT2D eigenvalue weighted by Crippen LogP contribution is -2.29. The minimum absolute atomic E-state index is 0.157. The Morgan fingerprint density at radius 1 is 1.11 bits per heavy atom. The number of carbonyl (C=O) groups is 2. The molecule has 1 aliphatic carbocycles. The summed E-state index contributed by atoms with van der Waals surface area (Å²) in [6.07, 6.45) is 3.55. The number of hydrogen-bond acceptors (Lipinski definition) is 6. The first-order chi connectivity index (χ1) is 18.2. The number of benzene rings is 2. The Morgan fingerprint density at radius 3 is 2.47 bits per heavy atom. The lowest BCUT2D eigenvalue weighted by Gasteiger charge is -2.20. The van der Waals surface area contributed by atoms with E-state index in [0.29, 0.717) is 11.4 Å². The summed E-state index contributed by atoms with van der Waals surface area (Å²) in [6.45, 7) is 7.82. The van der Waals surface area contributed by atoms with Crippen LogP contribution in [0.1, 0.15) is 71.6 Å². The summed E-state index contributed by atoms with van der Waals surface area (Å²) in [5, 5.41) is 13.4. The van der Waals surface area contributed by atoms with Crippen molar-refractivity contribution in [1.29, 1.82) is 0 Å². The van der Waals surface area contributed by atoms with E-state index in [-0.39, 0.29) is 31.1 Å². The monoisotopic (exact) mass is 536 g/mol. The van der Waals surface area contributed by atoms with Crippen molar-refractivity contribution in [3.8, 4) is 16.3 Å². The third-order valence-electron chi connectivity index (χ3n) is 6.60. The van der Waals surface area contributed by atoms with Crippen molar-refractivity contribution in [3.63, 3.8) is 0 Å². The van der Waals surface area contributed by atoms with Crippen LogP contribution in [0.25, 0.3) is 10.6 Å². The maximum absolute atomic E-state index is 13.2. The SMILES string of the molecule is Cc1ccc(-c2nc(C(=O)NCc3cc(CC(OC(C)C)C(=O)O)ccc3OC3CCCC3)c(C)s2)cc1. The van der Waals surface area contributed by atoms with Gasteiger partial charge in [0.05, 0.1) is 12.2 Å². The number of amides is 1. The highest BCUT2D eigenvalue weighted by Gasteiger charge is 2.23. The van der Waals surface area contributed by atoms with Gasteiger partial charge in [0.15, 0.2) is 6.10 Å². The zero-order chi connectivity index (χ0) is 27.2. The molecule has 0 saturated heterocycles. The van der Waals surface area contributed by atoms with Crippen LogP contribution in [0.3, 0.4) is 0 Å². The third-order valence-corrected chi connectivity index (χ3v) is 7.62. The van der Waals surface area contributed by atoms with Crippen LogP contribution in [-0.4, -0.2) is 40.3 Å². The van der Waals surface area contributed by atoms with Gasteiger partial charge in [-0.25, -0.2) is 9.78 Å². The van der Waals surface area contributed by atoms with Crippen molar-refractivity contribution in [2.24, 2.45) is 0 Å². The number of aliphatic carboxylic acids is 1. The Morgan fingerprint density at radius 2 is 1.82 bits per heavy atom. The predicted molar refractivity (Wildman–Crippen MR) is 149 cm³/mol. The number of nitrogens with zero attached hydrogens (tertiary/aromatic N) is 1. The van der Waals surface area contributed by atoms with Crippen molar-refractivity contribution in [2.75, 3.05) is 0 Å². The first kappa shape index (κ1) is 27.8. The molecular formula is C30H36N2O5S. The highest BCUT2D eigenvalue weighted by molar-refractivity contribution is 7.15. The van der Waals surface area contributed by atoms with Crippen LogP contribution >= 0.6 is 11.3 Å². The first-order valence-corrected chi connectivity index (χ1v) is 14.0. The summed E-state index contributed by atoms with van der Waals surface area (Å²) in [5.41, 5.74) is 4.19. The molecule has 1 fully saturated rings. The summed E-state index contributed by atoms with van der Waals surface area (Å²) in [6, 6.07) is 13.8. The van der Waals surface area contributed by atoms with Gasteiger partial charge in [-0.2, -0.15) is 0 Å². The molecule has 1 aromatic heterocycles. The van der Waals surface area contributed by atoms with Crippen molar-refractivity contribution in [3.05, 3.63) is 69.7 Å². The number of carboxylic acid groups (broad SMARTS) is 1. The Balaban J connectivity index is 1.52. The number of aryl methyl sites for hydroxylation is 2. The zero-order valence-corrected chi connectivity index (χ0v) is 23.3. The molecule has 2 aromatic carbocycles. The summed E-state index contributed by atoms with van der Waals surface area (Å²) in [7, 11) is 0. The number of carboxylic acids is 1. The molecule has 8 heteroatoms. The highest BCUT2D eigenvalue weighted by Crippen LogP contribution is 2.30. The van der Waals surface area contributed by atoms with Gasteiger partial charge in [0, 0.05) is 29.0 Å². The maximum atomic E-state index is 13.2. The standard InChI is InChI=1S/C30H36N2O5S/c1-18(2)36-26(30(34)35)16-21-11-14-25(37-24-7-5-6-8-24)23(15-21)17-31-28(33)27-20(4)38-29(32-27)22-12-9-19(3)10-13-22/h9-15,18,24,26H,5-8,16-17H2,1-4H3,(H,31,33)(H,34,35). The van der Waals surface area contributed by atoms with Gasteiger partial charge in [-0.3, -0.25) is 4.79 Å². The van der Waals surface area contributed by atoms with Crippen molar-refractivity contribution >= 4 is 23.2 Å². The molecule has 4 rings (SSSR count). The molecule has 0 bridgehead atoms. The van der Waals surface area contributed by atoms with Crippen LogP contribution in [0, 0.1) is 13.8 Å². The van der Waals surface area contributed by atoms with Crippen molar-refractivity contribution in [1.82, 2.24) is 10.3 Å². The Bertz CT molecular complexity index is 1260. The first-order valence-electron chi connectivity index (χ1n) is 13.2. The van der Waals surface area contributed by atoms with E-state index >= 15 is 0 Å². The van der Waals surface area contributed by atoms with E-state index in [1.165, 1.54) is 16.9 Å².